The van der Waals surface area contributed by atoms with Crippen molar-refractivity contribution in [2.45, 2.75) is 32.0 Å². The molecule has 2 heterocycles. The third-order valence-corrected chi connectivity index (χ3v) is 5.16. The summed E-state index contributed by atoms with van der Waals surface area (Å²) in [6.45, 7) is 5.92. The maximum atomic E-state index is 12.8. The third-order valence-electron chi connectivity index (χ3n) is 5.16. The molecule has 0 aromatic heterocycles. The number of benzene rings is 1. The van der Waals surface area contributed by atoms with Crippen LogP contribution in [0.3, 0.4) is 0 Å². The molecule has 9 heteroatoms. The van der Waals surface area contributed by atoms with E-state index in [0.717, 1.165) is 25.0 Å². The number of ether oxygens (including phenoxy) is 1. The molecule has 6 nitrogen and oxygen atoms in total. The Balaban J connectivity index is 1.57. The summed E-state index contributed by atoms with van der Waals surface area (Å²) >= 11 is 0. The first-order chi connectivity index (χ1) is 14.9. The van der Waals surface area contributed by atoms with E-state index in [1.54, 1.807) is 6.07 Å². The number of nitrogens with zero attached hydrogens (tertiary/aromatic N) is 3. The summed E-state index contributed by atoms with van der Waals surface area (Å²) in [6, 6.07) is 4.95. The number of carbonyl (C=O) groups is 1. The molecule has 0 spiro atoms. The summed E-state index contributed by atoms with van der Waals surface area (Å²) in [5, 5.41) is 3.21. The number of nitrogens with one attached hydrogen (secondary N) is 1. The number of alkyl halides is 3. The Hall–Kier alpha value is -2.73. The van der Waals surface area contributed by atoms with E-state index in [4.69, 9.17) is 4.74 Å². The van der Waals surface area contributed by atoms with Crippen molar-refractivity contribution in [2.24, 2.45) is 4.99 Å². The van der Waals surface area contributed by atoms with E-state index >= 15 is 0 Å². The molecule has 1 amide bonds. The highest BCUT2D eigenvalue weighted by molar-refractivity contribution is 5.83. The molecular formula is C22H27F3N4O2. The molecule has 2 saturated heterocycles. The molecule has 0 bridgehead atoms. The van der Waals surface area contributed by atoms with E-state index < -0.39 is 11.7 Å². The van der Waals surface area contributed by atoms with E-state index in [-0.39, 0.29) is 18.6 Å². The highest BCUT2D eigenvalue weighted by Gasteiger charge is 2.31. The van der Waals surface area contributed by atoms with Crippen LogP contribution in [0, 0.1) is 11.8 Å². The van der Waals surface area contributed by atoms with Gasteiger partial charge in [0.1, 0.15) is 12.6 Å². The van der Waals surface area contributed by atoms with Gasteiger partial charge in [-0.25, -0.2) is 4.99 Å². The molecule has 1 N–H and O–H groups in total. The number of amides is 1. The fourth-order valence-corrected chi connectivity index (χ4v) is 3.57. The molecule has 0 radical (unpaired) electrons. The van der Waals surface area contributed by atoms with Gasteiger partial charge in [0.2, 0.25) is 0 Å². The van der Waals surface area contributed by atoms with Crippen LogP contribution >= 0.6 is 0 Å². The van der Waals surface area contributed by atoms with Crippen molar-refractivity contribution in [3.63, 3.8) is 0 Å². The van der Waals surface area contributed by atoms with Crippen molar-refractivity contribution in [1.29, 1.82) is 0 Å². The van der Waals surface area contributed by atoms with Crippen molar-refractivity contribution in [1.82, 2.24) is 15.1 Å². The fourth-order valence-electron chi connectivity index (χ4n) is 3.57. The van der Waals surface area contributed by atoms with E-state index in [0.29, 0.717) is 50.9 Å². The van der Waals surface area contributed by atoms with Gasteiger partial charge in [-0.3, -0.25) is 4.79 Å². The zero-order valence-corrected chi connectivity index (χ0v) is 17.5. The van der Waals surface area contributed by atoms with Crippen LogP contribution in [0.25, 0.3) is 0 Å². The first kappa shape index (κ1) is 22.9. The molecular weight excluding hydrogens is 409 g/mol. The van der Waals surface area contributed by atoms with Gasteiger partial charge in [0.15, 0.2) is 5.96 Å². The van der Waals surface area contributed by atoms with Crippen LogP contribution in [0.4, 0.5) is 13.2 Å². The van der Waals surface area contributed by atoms with Gasteiger partial charge in [-0.1, -0.05) is 17.9 Å². The lowest BCUT2D eigenvalue weighted by atomic mass is 10.1. The van der Waals surface area contributed by atoms with Crippen molar-refractivity contribution in [2.75, 3.05) is 45.9 Å². The molecule has 1 aromatic carbocycles. The normalized spacial score (nSPS) is 19.7. The Kier molecular flexibility index (Phi) is 7.80. The van der Waals surface area contributed by atoms with E-state index in [1.165, 1.54) is 6.07 Å². The lowest BCUT2D eigenvalue weighted by Crippen LogP contribution is -2.55. The van der Waals surface area contributed by atoms with Crippen LogP contribution < -0.4 is 5.32 Å². The molecule has 1 unspecified atom stereocenters. The average molecular weight is 436 g/mol. The Morgan fingerprint density at radius 2 is 2.00 bits per heavy atom. The SMILES string of the molecule is CCNC(=NCC#Cc1cccc(C(F)(F)F)c1)N1CCN(C(=O)C2CCCO2)CC1. The van der Waals surface area contributed by atoms with Crippen LogP contribution in [0.1, 0.15) is 30.9 Å². The predicted molar refractivity (Wildman–Crippen MR) is 111 cm³/mol. The number of hydrogen-bond donors (Lipinski definition) is 1. The van der Waals surface area contributed by atoms with Gasteiger partial charge in [-0.15, -0.1) is 0 Å². The maximum absolute atomic E-state index is 12.8. The van der Waals surface area contributed by atoms with Gasteiger partial charge in [-0.2, -0.15) is 13.2 Å². The second-order valence-electron chi connectivity index (χ2n) is 7.36. The van der Waals surface area contributed by atoms with Gasteiger partial charge < -0.3 is 19.9 Å². The monoisotopic (exact) mass is 436 g/mol. The van der Waals surface area contributed by atoms with E-state index in [2.05, 4.69) is 27.0 Å². The van der Waals surface area contributed by atoms with Crippen molar-refractivity contribution < 1.29 is 22.7 Å². The molecule has 0 aliphatic carbocycles. The Labute approximate surface area is 180 Å². The number of guanidine groups is 1. The molecule has 31 heavy (non-hydrogen) atoms. The summed E-state index contributed by atoms with van der Waals surface area (Å²) in [5.74, 6) is 6.31. The third kappa shape index (κ3) is 6.37. The van der Waals surface area contributed by atoms with Crippen LogP contribution in [0.15, 0.2) is 29.3 Å². The number of rotatable bonds is 3. The zero-order chi connectivity index (χ0) is 22.3. The largest absolute Gasteiger partial charge is 0.416 e. The summed E-state index contributed by atoms with van der Waals surface area (Å²) in [4.78, 5) is 20.9. The predicted octanol–water partition coefficient (Wildman–Crippen LogP) is 2.35. The Morgan fingerprint density at radius 3 is 2.65 bits per heavy atom. The summed E-state index contributed by atoms with van der Waals surface area (Å²) < 4.78 is 43.9. The number of halogens is 3. The highest BCUT2D eigenvalue weighted by Crippen LogP contribution is 2.29. The van der Waals surface area contributed by atoms with Gasteiger partial charge in [0.25, 0.3) is 5.91 Å². The quantitative estimate of drug-likeness (QED) is 0.449. The lowest BCUT2D eigenvalue weighted by molar-refractivity contribution is -0.142. The van der Waals surface area contributed by atoms with Gasteiger partial charge in [0.05, 0.1) is 5.56 Å². The number of piperazine rings is 1. The minimum Gasteiger partial charge on any atom is -0.368 e. The summed E-state index contributed by atoms with van der Waals surface area (Å²) in [7, 11) is 0. The van der Waals surface area contributed by atoms with Crippen LogP contribution in [-0.4, -0.2) is 73.6 Å². The summed E-state index contributed by atoms with van der Waals surface area (Å²) in [5.41, 5.74) is -0.414. The van der Waals surface area contributed by atoms with Crippen LogP contribution in [-0.2, 0) is 15.7 Å². The van der Waals surface area contributed by atoms with Gasteiger partial charge in [-0.05, 0) is 38.0 Å². The molecule has 168 valence electrons. The van der Waals surface area contributed by atoms with Crippen LogP contribution in [0.5, 0.6) is 0 Å². The Bertz CT molecular complexity index is 846. The smallest absolute Gasteiger partial charge is 0.368 e. The first-order valence-corrected chi connectivity index (χ1v) is 10.5. The van der Waals surface area contributed by atoms with Crippen molar-refractivity contribution in [3.05, 3.63) is 35.4 Å². The van der Waals surface area contributed by atoms with Crippen LogP contribution in [0.2, 0.25) is 0 Å². The van der Waals surface area contributed by atoms with E-state index in [9.17, 15) is 18.0 Å². The zero-order valence-electron chi connectivity index (χ0n) is 17.5. The molecule has 1 atom stereocenters. The van der Waals surface area contributed by atoms with Crippen molar-refractivity contribution in [3.8, 4) is 11.8 Å². The molecule has 0 saturated carbocycles. The molecule has 2 aliphatic rings. The molecule has 1 aromatic rings. The fraction of sp³-hybridized carbons (Fsp3) is 0.545. The minimum atomic E-state index is -4.39. The van der Waals surface area contributed by atoms with Crippen molar-refractivity contribution >= 4 is 11.9 Å². The standard InChI is InChI=1S/C22H27F3N4O2/c1-2-26-21(27-10-4-7-17-6-3-8-18(16-17)22(23,24)25)29-13-11-28(12-14-29)20(30)19-9-5-15-31-19/h3,6,8,16,19H,2,5,9-15H2,1H3,(H,26,27). The topological polar surface area (TPSA) is 57.2 Å². The number of carbonyl (C=O) groups excluding carboxylic acids is 1. The number of aliphatic imine (C=N–C) groups is 1. The summed E-state index contributed by atoms with van der Waals surface area (Å²) in [6.07, 6.45) is -2.98. The highest BCUT2D eigenvalue weighted by atomic mass is 19.4. The Morgan fingerprint density at radius 1 is 1.26 bits per heavy atom. The molecule has 2 aliphatic heterocycles. The molecule has 2 fully saturated rings. The minimum absolute atomic E-state index is 0.0612. The molecule has 3 rings (SSSR count). The first-order valence-electron chi connectivity index (χ1n) is 10.5. The average Bonchev–Trinajstić information content (AvgIpc) is 3.30. The van der Waals surface area contributed by atoms with Gasteiger partial charge >= 0.3 is 6.18 Å². The second kappa shape index (κ2) is 10.5. The van der Waals surface area contributed by atoms with E-state index in [1.807, 2.05) is 11.8 Å². The second-order valence-corrected chi connectivity index (χ2v) is 7.36. The lowest BCUT2D eigenvalue weighted by Gasteiger charge is -2.37. The maximum Gasteiger partial charge on any atom is 0.416 e. The van der Waals surface area contributed by atoms with Gasteiger partial charge in [0, 0.05) is 44.9 Å². The number of hydrogen-bond acceptors (Lipinski definition) is 3.